The van der Waals surface area contributed by atoms with Crippen molar-refractivity contribution < 1.29 is 28.9 Å². The van der Waals surface area contributed by atoms with Gasteiger partial charge in [0.1, 0.15) is 12.1 Å². The molecule has 1 amide bonds. The first-order chi connectivity index (χ1) is 14.1. The fraction of sp³-hybridized carbons (Fsp3) is 0.364. The van der Waals surface area contributed by atoms with Crippen molar-refractivity contribution in [1.29, 1.82) is 0 Å². The van der Waals surface area contributed by atoms with Crippen LogP contribution in [0.3, 0.4) is 0 Å². The highest BCUT2D eigenvalue weighted by atomic mass is 16.6. The van der Waals surface area contributed by atoms with Crippen LogP contribution in [0.15, 0.2) is 48.5 Å². The summed E-state index contributed by atoms with van der Waals surface area (Å²) in [5.41, 5.74) is 3.37. The molecule has 0 radical (unpaired) electrons. The van der Waals surface area contributed by atoms with Gasteiger partial charge in [0.15, 0.2) is 0 Å². The second-order valence-corrected chi connectivity index (χ2v) is 7.41. The lowest BCUT2D eigenvalue weighted by atomic mass is 9.97. The van der Waals surface area contributed by atoms with Gasteiger partial charge in [0.05, 0.1) is 32.8 Å². The first-order valence-corrected chi connectivity index (χ1v) is 9.58. The fourth-order valence-electron chi connectivity index (χ4n) is 4.05. The van der Waals surface area contributed by atoms with E-state index < -0.39 is 17.6 Å². The number of rotatable bonds is 5. The maximum Gasteiger partial charge on any atom is 0.407 e. The van der Waals surface area contributed by atoms with Crippen LogP contribution in [0, 0.1) is 0 Å². The molecule has 2 aromatic rings. The van der Waals surface area contributed by atoms with Gasteiger partial charge in [-0.2, -0.15) is 0 Å². The van der Waals surface area contributed by atoms with E-state index in [1.165, 1.54) is 0 Å². The lowest BCUT2D eigenvalue weighted by molar-refractivity contribution is -0.139. The smallest absolute Gasteiger partial charge is 0.407 e. The molecule has 7 nitrogen and oxygen atoms in total. The second-order valence-electron chi connectivity index (χ2n) is 7.41. The molecule has 0 bridgehead atoms. The number of fused-ring (bicyclic) bond motifs is 3. The minimum absolute atomic E-state index is 0.0590. The molecule has 2 aromatic carbocycles. The number of ether oxygens (including phenoxy) is 3. The van der Waals surface area contributed by atoms with Gasteiger partial charge in [-0.15, -0.1) is 0 Å². The summed E-state index contributed by atoms with van der Waals surface area (Å²) in [6.45, 7) is 0.985. The van der Waals surface area contributed by atoms with E-state index in [1.54, 1.807) is 0 Å². The van der Waals surface area contributed by atoms with E-state index in [0.29, 0.717) is 13.2 Å². The molecular weight excluding hydrogens is 374 g/mol. The monoisotopic (exact) mass is 397 g/mol. The van der Waals surface area contributed by atoms with Crippen molar-refractivity contribution in [1.82, 2.24) is 5.32 Å². The predicted octanol–water partition coefficient (Wildman–Crippen LogP) is 2.79. The van der Waals surface area contributed by atoms with Crippen LogP contribution in [0.5, 0.6) is 0 Å². The topological polar surface area (TPSA) is 94.1 Å². The zero-order chi connectivity index (χ0) is 20.3. The number of nitrogens with one attached hydrogen (secondary N) is 1. The summed E-state index contributed by atoms with van der Waals surface area (Å²) < 4.78 is 16.4. The SMILES string of the molecule is O=C(O)CC1(NC(=O)OCC2c3ccccc3-c3ccccc32)COCCOC1. The summed E-state index contributed by atoms with van der Waals surface area (Å²) in [4.78, 5) is 23.9. The summed E-state index contributed by atoms with van der Waals surface area (Å²) in [5, 5.41) is 11.9. The molecule has 7 heteroatoms. The van der Waals surface area contributed by atoms with Crippen LogP contribution >= 0.6 is 0 Å². The third kappa shape index (κ3) is 4.11. The number of carbonyl (C=O) groups is 2. The van der Waals surface area contributed by atoms with Gasteiger partial charge in [-0.25, -0.2) is 4.79 Å². The van der Waals surface area contributed by atoms with Gasteiger partial charge in [-0.05, 0) is 22.3 Å². The zero-order valence-electron chi connectivity index (χ0n) is 15.9. The molecule has 0 atom stereocenters. The van der Waals surface area contributed by atoms with Crippen molar-refractivity contribution in [3.8, 4) is 11.1 Å². The fourth-order valence-corrected chi connectivity index (χ4v) is 4.05. The van der Waals surface area contributed by atoms with Crippen molar-refractivity contribution in [3.63, 3.8) is 0 Å². The summed E-state index contributed by atoms with van der Waals surface area (Å²) in [5.74, 6) is -1.11. The van der Waals surface area contributed by atoms with Crippen LogP contribution in [-0.2, 0) is 19.0 Å². The van der Waals surface area contributed by atoms with E-state index in [2.05, 4.69) is 17.4 Å². The van der Waals surface area contributed by atoms with Crippen molar-refractivity contribution in [2.75, 3.05) is 33.0 Å². The molecule has 1 aliphatic carbocycles. The Hall–Kier alpha value is -2.90. The number of benzene rings is 2. The van der Waals surface area contributed by atoms with Gasteiger partial charge in [0.25, 0.3) is 0 Å². The van der Waals surface area contributed by atoms with E-state index in [4.69, 9.17) is 14.2 Å². The van der Waals surface area contributed by atoms with Gasteiger partial charge in [0, 0.05) is 5.92 Å². The van der Waals surface area contributed by atoms with E-state index in [-0.39, 0.29) is 32.2 Å². The van der Waals surface area contributed by atoms with Crippen molar-refractivity contribution in [3.05, 3.63) is 59.7 Å². The van der Waals surface area contributed by atoms with Crippen LogP contribution in [0.4, 0.5) is 4.79 Å². The third-order valence-corrected chi connectivity index (χ3v) is 5.33. The number of aliphatic carboxylic acids is 1. The zero-order valence-corrected chi connectivity index (χ0v) is 15.9. The molecule has 1 saturated heterocycles. The highest BCUT2D eigenvalue weighted by molar-refractivity contribution is 5.79. The molecule has 0 unspecified atom stereocenters. The lowest BCUT2D eigenvalue weighted by Gasteiger charge is -2.30. The average Bonchev–Trinajstić information content (AvgIpc) is 2.84. The number of hydrogen-bond donors (Lipinski definition) is 2. The number of carboxylic acids is 1. The van der Waals surface area contributed by atoms with Gasteiger partial charge in [-0.1, -0.05) is 48.5 Å². The molecule has 0 saturated carbocycles. The van der Waals surface area contributed by atoms with Crippen LogP contribution in [-0.4, -0.2) is 55.7 Å². The Morgan fingerprint density at radius 2 is 1.55 bits per heavy atom. The van der Waals surface area contributed by atoms with Crippen molar-refractivity contribution in [2.45, 2.75) is 17.9 Å². The first-order valence-electron chi connectivity index (χ1n) is 9.58. The van der Waals surface area contributed by atoms with E-state index >= 15 is 0 Å². The number of carboxylic acid groups (broad SMARTS) is 1. The van der Waals surface area contributed by atoms with Crippen molar-refractivity contribution >= 4 is 12.1 Å². The number of carbonyl (C=O) groups excluding carboxylic acids is 1. The van der Waals surface area contributed by atoms with Crippen LogP contribution in [0.25, 0.3) is 11.1 Å². The molecule has 0 spiro atoms. The predicted molar refractivity (Wildman–Crippen MR) is 105 cm³/mol. The maximum atomic E-state index is 12.6. The molecule has 1 aliphatic heterocycles. The minimum atomic E-state index is -1.15. The van der Waals surface area contributed by atoms with E-state index in [0.717, 1.165) is 22.3 Å². The van der Waals surface area contributed by atoms with Gasteiger partial charge >= 0.3 is 12.1 Å². The van der Waals surface area contributed by atoms with Crippen LogP contribution in [0.2, 0.25) is 0 Å². The summed E-state index contributed by atoms with van der Waals surface area (Å²) in [6.07, 6.45) is -0.987. The highest BCUT2D eigenvalue weighted by Crippen LogP contribution is 2.44. The summed E-state index contributed by atoms with van der Waals surface area (Å²) in [6, 6.07) is 16.1. The number of amides is 1. The molecule has 1 heterocycles. The lowest BCUT2D eigenvalue weighted by Crippen LogP contribution is -2.56. The molecule has 4 rings (SSSR count). The van der Waals surface area contributed by atoms with Crippen LogP contribution in [0.1, 0.15) is 23.5 Å². The molecule has 2 aliphatic rings. The van der Waals surface area contributed by atoms with E-state index in [9.17, 15) is 14.7 Å². The molecule has 1 fully saturated rings. The Bertz CT molecular complexity index is 858. The van der Waals surface area contributed by atoms with Gasteiger partial charge in [-0.3, -0.25) is 4.79 Å². The molecule has 152 valence electrons. The Balaban J connectivity index is 1.47. The first kappa shape index (κ1) is 19.4. The van der Waals surface area contributed by atoms with Crippen LogP contribution < -0.4 is 5.32 Å². The van der Waals surface area contributed by atoms with E-state index in [1.807, 2.05) is 36.4 Å². The summed E-state index contributed by atoms with van der Waals surface area (Å²) in [7, 11) is 0. The Labute approximate surface area is 168 Å². The maximum absolute atomic E-state index is 12.6. The Morgan fingerprint density at radius 1 is 1.00 bits per heavy atom. The number of alkyl carbamates (subject to hydrolysis) is 1. The Morgan fingerprint density at radius 3 is 2.10 bits per heavy atom. The molecule has 0 aromatic heterocycles. The highest BCUT2D eigenvalue weighted by Gasteiger charge is 2.38. The number of hydrogen-bond acceptors (Lipinski definition) is 5. The second kappa shape index (κ2) is 8.23. The average molecular weight is 397 g/mol. The third-order valence-electron chi connectivity index (χ3n) is 5.33. The van der Waals surface area contributed by atoms with Gasteiger partial charge < -0.3 is 24.6 Å². The molecule has 2 N–H and O–H groups in total. The molecule has 29 heavy (non-hydrogen) atoms. The quantitative estimate of drug-likeness (QED) is 0.806. The largest absolute Gasteiger partial charge is 0.481 e. The minimum Gasteiger partial charge on any atom is -0.481 e. The normalized spacial score (nSPS) is 17.7. The summed E-state index contributed by atoms with van der Waals surface area (Å²) >= 11 is 0. The van der Waals surface area contributed by atoms with Gasteiger partial charge in [0.2, 0.25) is 0 Å². The standard InChI is InChI=1S/C22H23NO6/c24-20(25)11-22(13-27-9-10-28-14-22)23-21(26)29-12-19-17-7-3-1-5-15(17)16-6-2-4-8-18(16)19/h1-8,19H,9-14H2,(H,23,26)(H,24,25). The Kier molecular flexibility index (Phi) is 5.51. The van der Waals surface area contributed by atoms with Crippen molar-refractivity contribution in [2.24, 2.45) is 0 Å². The molecular formula is C22H23NO6.